The minimum Gasteiger partial charge on any atom is -0.248 e. The van der Waals surface area contributed by atoms with E-state index >= 15 is 0 Å². The predicted octanol–water partition coefficient (Wildman–Crippen LogP) is 4.46. The maximum atomic E-state index is 4.66. The Hall–Kier alpha value is -1.41. The van der Waals surface area contributed by atoms with E-state index in [0.29, 0.717) is 0 Å². The highest BCUT2D eigenvalue weighted by atomic mass is 79.9. The fourth-order valence-electron chi connectivity index (χ4n) is 2.07. The van der Waals surface area contributed by atoms with E-state index < -0.39 is 0 Å². The quantitative estimate of drug-likeness (QED) is 0.550. The molecule has 0 aliphatic rings. The predicted molar refractivity (Wildman–Crippen MR) is 71.7 cm³/mol. The minimum atomic E-state index is 1.06. The topological polar surface area (TPSA) is 12.9 Å². The van der Waals surface area contributed by atoms with Crippen LogP contribution in [0.25, 0.3) is 21.8 Å². The lowest BCUT2D eigenvalue weighted by atomic mass is 10.0. The summed E-state index contributed by atoms with van der Waals surface area (Å²) in [6.45, 7) is 2.15. The van der Waals surface area contributed by atoms with Gasteiger partial charge in [-0.25, -0.2) is 4.98 Å². The number of halogens is 1. The number of aromatic nitrogens is 1. The summed E-state index contributed by atoms with van der Waals surface area (Å²) in [7, 11) is 0. The molecule has 0 fully saturated rings. The fourth-order valence-corrected chi connectivity index (χ4v) is 2.43. The number of hydrogen-bond acceptors (Lipinski definition) is 1. The first-order valence-electron chi connectivity index (χ1n) is 5.20. The SMILES string of the molecule is Cc1c2ccccc2nc2ccc(Br)cc12. The Morgan fingerprint density at radius 2 is 1.69 bits per heavy atom. The zero-order valence-electron chi connectivity index (χ0n) is 8.87. The van der Waals surface area contributed by atoms with Gasteiger partial charge in [0, 0.05) is 15.2 Å². The summed E-state index contributed by atoms with van der Waals surface area (Å²) in [5.41, 5.74) is 3.41. The van der Waals surface area contributed by atoms with Crippen molar-refractivity contribution >= 4 is 37.7 Å². The number of fused-ring (bicyclic) bond motifs is 2. The molecular weight excluding hydrogens is 262 g/mol. The van der Waals surface area contributed by atoms with Gasteiger partial charge in [-0.3, -0.25) is 0 Å². The average Bonchev–Trinajstić information content (AvgIpc) is 2.31. The van der Waals surface area contributed by atoms with Crippen molar-refractivity contribution in [2.24, 2.45) is 0 Å². The summed E-state index contributed by atoms with van der Waals surface area (Å²) in [6, 6.07) is 14.5. The van der Waals surface area contributed by atoms with E-state index in [-0.39, 0.29) is 0 Å². The third-order valence-corrected chi connectivity index (χ3v) is 3.40. The number of para-hydroxylation sites is 1. The van der Waals surface area contributed by atoms with Gasteiger partial charge < -0.3 is 0 Å². The van der Waals surface area contributed by atoms with Crippen molar-refractivity contribution in [1.82, 2.24) is 4.98 Å². The van der Waals surface area contributed by atoms with Gasteiger partial charge in [0.25, 0.3) is 0 Å². The molecule has 3 rings (SSSR count). The Kier molecular flexibility index (Phi) is 2.18. The van der Waals surface area contributed by atoms with Crippen LogP contribution in [0.3, 0.4) is 0 Å². The average molecular weight is 272 g/mol. The van der Waals surface area contributed by atoms with Gasteiger partial charge in [-0.2, -0.15) is 0 Å². The van der Waals surface area contributed by atoms with Crippen molar-refractivity contribution in [1.29, 1.82) is 0 Å². The summed E-state index contributed by atoms with van der Waals surface area (Å²) >= 11 is 3.50. The van der Waals surface area contributed by atoms with Crippen LogP contribution in [0.4, 0.5) is 0 Å². The van der Waals surface area contributed by atoms with E-state index in [1.54, 1.807) is 0 Å². The van der Waals surface area contributed by atoms with Gasteiger partial charge in [0.2, 0.25) is 0 Å². The van der Waals surface area contributed by atoms with Crippen molar-refractivity contribution in [3.05, 3.63) is 52.5 Å². The molecule has 1 heterocycles. The Morgan fingerprint density at radius 1 is 0.938 bits per heavy atom. The van der Waals surface area contributed by atoms with Crippen LogP contribution in [0.2, 0.25) is 0 Å². The fraction of sp³-hybridized carbons (Fsp3) is 0.0714. The van der Waals surface area contributed by atoms with Gasteiger partial charge in [-0.05, 0) is 36.8 Å². The third kappa shape index (κ3) is 1.41. The number of benzene rings is 2. The standard InChI is InChI=1S/C14H10BrN/c1-9-11-4-2-3-5-13(11)16-14-7-6-10(15)8-12(9)14/h2-8H,1H3. The molecule has 0 bridgehead atoms. The van der Waals surface area contributed by atoms with Crippen LogP contribution in [0.5, 0.6) is 0 Å². The highest BCUT2D eigenvalue weighted by Crippen LogP contribution is 2.27. The number of aryl methyl sites for hydroxylation is 1. The Balaban J connectivity index is 2.56. The molecule has 0 N–H and O–H groups in total. The highest BCUT2D eigenvalue weighted by Gasteiger charge is 2.04. The van der Waals surface area contributed by atoms with Crippen LogP contribution < -0.4 is 0 Å². The van der Waals surface area contributed by atoms with Crippen LogP contribution in [0, 0.1) is 6.92 Å². The Bertz CT molecular complexity index is 689. The molecule has 0 saturated heterocycles. The largest absolute Gasteiger partial charge is 0.248 e. The second kappa shape index (κ2) is 3.56. The lowest BCUT2D eigenvalue weighted by Crippen LogP contribution is -1.87. The molecule has 78 valence electrons. The van der Waals surface area contributed by atoms with Crippen molar-refractivity contribution in [2.75, 3.05) is 0 Å². The maximum Gasteiger partial charge on any atom is 0.0713 e. The van der Waals surface area contributed by atoms with E-state index in [4.69, 9.17) is 0 Å². The van der Waals surface area contributed by atoms with Crippen molar-refractivity contribution < 1.29 is 0 Å². The summed E-state index contributed by atoms with van der Waals surface area (Å²) in [6.07, 6.45) is 0. The van der Waals surface area contributed by atoms with Crippen LogP contribution >= 0.6 is 15.9 Å². The molecule has 0 atom stereocenters. The first-order valence-corrected chi connectivity index (χ1v) is 5.99. The highest BCUT2D eigenvalue weighted by molar-refractivity contribution is 9.10. The molecule has 0 spiro atoms. The van der Waals surface area contributed by atoms with E-state index in [1.807, 2.05) is 12.1 Å². The number of hydrogen-bond donors (Lipinski definition) is 0. The van der Waals surface area contributed by atoms with Crippen molar-refractivity contribution in [2.45, 2.75) is 6.92 Å². The van der Waals surface area contributed by atoms with Crippen LogP contribution in [0.1, 0.15) is 5.56 Å². The molecule has 16 heavy (non-hydrogen) atoms. The molecule has 0 unspecified atom stereocenters. The summed E-state index contributed by atoms with van der Waals surface area (Å²) in [5, 5.41) is 2.45. The second-order valence-corrected chi connectivity index (χ2v) is 4.83. The van der Waals surface area contributed by atoms with Crippen LogP contribution in [0.15, 0.2) is 46.9 Å². The van der Waals surface area contributed by atoms with Gasteiger partial charge >= 0.3 is 0 Å². The van der Waals surface area contributed by atoms with Gasteiger partial charge in [0.15, 0.2) is 0 Å². The van der Waals surface area contributed by atoms with Gasteiger partial charge in [0.1, 0.15) is 0 Å². The van der Waals surface area contributed by atoms with Crippen LogP contribution in [-0.2, 0) is 0 Å². The molecular formula is C14H10BrN. The lowest BCUT2D eigenvalue weighted by molar-refractivity contribution is 1.45. The van der Waals surface area contributed by atoms with E-state index in [9.17, 15) is 0 Å². The number of pyridine rings is 1. The smallest absolute Gasteiger partial charge is 0.0713 e. The molecule has 2 aromatic carbocycles. The Labute approximate surface area is 102 Å². The summed E-state index contributed by atoms with van der Waals surface area (Å²) in [5.74, 6) is 0. The molecule has 0 amide bonds. The number of nitrogens with zero attached hydrogens (tertiary/aromatic N) is 1. The summed E-state index contributed by atoms with van der Waals surface area (Å²) < 4.78 is 1.10. The molecule has 0 radical (unpaired) electrons. The minimum absolute atomic E-state index is 1.06. The van der Waals surface area contributed by atoms with Crippen molar-refractivity contribution in [3.8, 4) is 0 Å². The first-order chi connectivity index (χ1) is 7.75. The first kappa shape index (κ1) is 9.79. The van der Waals surface area contributed by atoms with Gasteiger partial charge in [-0.15, -0.1) is 0 Å². The molecule has 1 aromatic heterocycles. The molecule has 2 heteroatoms. The zero-order chi connectivity index (χ0) is 11.1. The maximum absolute atomic E-state index is 4.66. The van der Waals surface area contributed by atoms with E-state index in [0.717, 1.165) is 15.5 Å². The monoisotopic (exact) mass is 271 g/mol. The third-order valence-electron chi connectivity index (χ3n) is 2.91. The summed E-state index contributed by atoms with van der Waals surface area (Å²) in [4.78, 5) is 4.66. The van der Waals surface area contributed by atoms with Gasteiger partial charge in [-0.1, -0.05) is 34.1 Å². The lowest BCUT2D eigenvalue weighted by Gasteiger charge is -2.06. The number of rotatable bonds is 0. The van der Waals surface area contributed by atoms with E-state index in [2.05, 4.69) is 58.2 Å². The van der Waals surface area contributed by atoms with E-state index in [1.165, 1.54) is 16.3 Å². The second-order valence-electron chi connectivity index (χ2n) is 3.92. The molecule has 0 aliphatic carbocycles. The van der Waals surface area contributed by atoms with Gasteiger partial charge in [0.05, 0.1) is 11.0 Å². The zero-order valence-corrected chi connectivity index (χ0v) is 10.5. The normalized spacial score (nSPS) is 11.1. The molecule has 1 nitrogen and oxygen atoms in total. The van der Waals surface area contributed by atoms with Crippen LogP contribution in [-0.4, -0.2) is 4.98 Å². The molecule has 0 saturated carbocycles. The van der Waals surface area contributed by atoms with Crippen molar-refractivity contribution in [3.63, 3.8) is 0 Å². The molecule has 3 aromatic rings. The Morgan fingerprint density at radius 3 is 2.56 bits per heavy atom. The molecule has 0 aliphatic heterocycles.